The first-order valence-electron chi connectivity index (χ1n) is 7.87. The van der Waals surface area contributed by atoms with Gasteiger partial charge in [0.2, 0.25) is 11.8 Å². The number of halogens is 1. The van der Waals surface area contributed by atoms with Gasteiger partial charge < -0.3 is 15.2 Å². The Bertz CT molecular complexity index is 717. The summed E-state index contributed by atoms with van der Waals surface area (Å²) in [6.45, 7) is 3.68. The van der Waals surface area contributed by atoms with E-state index in [2.05, 4.69) is 32.6 Å². The monoisotopic (exact) mass is 460 g/mol. The molecule has 8 heteroatoms. The number of fused-ring (bicyclic) bond motifs is 1. The number of amides is 2. The normalized spacial score (nSPS) is 15.0. The van der Waals surface area contributed by atoms with Gasteiger partial charge in [0, 0.05) is 16.5 Å². The fourth-order valence-corrected chi connectivity index (χ4v) is 3.42. The van der Waals surface area contributed by atoms with E-state index >= 15 is 0 Å². The maximum atomic E-state index is 12.7. The van der Waals surface area contributed by atoms with Crippen molar-refractivity contribution < 1.29 is 24.2 Å². The highest BCUT2D eigenvalue weighted by Crippen LogP contribution is 2.47. The number of nitrogens with zero attached hydrogens (tertiary/aromatic N) is 1. The Labute approximate surface area is 159 Å². The van der Waals surface area contributed by atoms with E-state index in [9.17, 15) is 19.5 Å². The Morgan fingerprint density at radius 2 is 2.04 bits per heavy atom. The highest BCUT2D eigenvalue weighted by molar-refractivity contribution is 14.1. The molecule has 2 rings (SSSR count). The molecule has 0 saturated heterocycles. The van der Waals surface area contributed by atoms with Gasteiger partial charge in [-0.3, -0.25) is 19.3 Å². The van der Waals surface area contributed by atoms with Crippen LogP contribution in [0, 0.1) is 3.57 Å². The van der Waals surface area contributed by atoms with Gasteiger partial charge in [0.05, 0.1) is 18.2 Å². The zero-order valence-electron chi connectivity index (χ0n) is 14.4. The molecule has 1 aliphatic rings. The molecule has 7 nitrogen and oxygen atoms in total. The number of hydrogen-bond acceptors (Lipinski definition) is 5. The van der Waals surface area contributed by atoms with Crippen molar-refractivity contribution in [3.63, 3.8) is 0 Å². The summed E-state index contributed by atoms with van der Waals surface area (Å²) in [5.41, 5.74) is 0.291. The highest BCUT2D eigenvalue weighted by Gasteiger charge is 2.46. The van der Waals surface area contributed by atoms with Gasteiger partial charge in [0.15, 0.2) is 0 Å². The molecule has 0 atom stereocenters. The van der Waals surface area contributed by atoms with Crippen molar-refractivity contribution in [3.05, 3.63) is 21.3 Å². The van der Waals surface area contributed by atoms with Crippen LogP contribution in [0.2, 0.25) is 0 Å². The van der Waals surface area contributed by atoms with Crippen molar-refractivity contribution in [2.45, 2.75) is 32.1 Å². The molecule has 0 spiro atoms. The van der Waals surface area contributed by atoms with Crippen LogP contribution in [0.4, 0.5) is 5.69 Å². The molecule has 2 N–H and O–H groups in total. The third kappa shape index (κ3) is 4.05. The van der Waals surface area contributed by atoms with Crippen LogP contribution in [-0.2, 0) is 24.5 Å². The summed E-state index contributed by atoms with van der Waals surface area (Å²) < 4.78 is 5.35. The first kappa shape index (κ1) is 19.5. The van der Waals surface area contributed by atoms with Crippen molar-refractivity contribution in [1.29, 1.82) is 0 Å². The molecule has 0 fully saturated rings. The van der Waals surface area contributed by atoms with E-state index in [1.165, 1.54) is 12.0 Å². The van der Waals surface area contributed by atoms with Gasteiger partial charge in [-0.1, -0.05) is 0 Å². The molecule has 0 aliphatic carbocycles. The Kier molecular flexibility index (Phi) is 5.91. The second kappa shape index (κ2) is 7.59. The average molecular weight is 460 g/mol. The predicted octanol–water partition coefficient (Wildman–Crippen LogP) is 1.69. The van der Waals surface area contributed by atoms with Gasteiger partial charge in [-0.25, -0.2) is 0 Å². The SMILES string of the molecule is COC(=O)CCCNC(=O)CN1C(=O)C(C)(C)c2cc(I)cc(O)c21. The third-order valence-electron chi connectivity index (χ3n) is 4.19. The van der Waals surface area contributed by atoms with Crippen LogP contribution in [0.3, 0.4) is 0 Å². The molecule has 2 amide bonds. The summed E-state index contributed by atoms with van der Waals surface area (Å²) in [6.07, 6.45) is 0.673. The number of rotatable bonds is 6. The second-order valence-corrected chi connectivity index (χ2v) is 7.61. The lowest BCUT2D eigenvalue weighted by molar-refractivity contribution is -0.140. The number of nitrogens with one attached hydrogen (secondary N) is 1. The molecule has 1 aliphatic heterocycles. The van der Waals surface area contributed by atoms with E-state index in [-0.39, 0.29) is 36.5 Å². The Morgan fingerprint density at radius 1 is 1.36 bits per heavy atom. The van der Waals surface area contributed by atoms with Gasteiger partial charge in [-0.15, -0.1) is 0 Å². The van der Waals surface area contributed by atoms with E-state index < -0.39 is 5.41 Å². The number of anilines is 1. The van der Waals surface area contributed by atoms with E-state index in [0.717, 1.165) is 3.57 Å². The molecule has 1 heterocycles. The van der Waals surface area contributed by atoms with Gasteiger partial charge >= 0.3 is 5.97 Å². The zero-order valence-corrected chi connectivity index (χ0v) is 16.5. The summed E-state index contributed by atoms with van der Waals surface area (Å²) in [5, 5.41) is 12.9. The molecular weight excluding hydrogens is 439 g/mol. The summed E-state index contributed by atoms with van der Waals surface area (Å²) in [6, 6.07) is 3.41. The fraction of sp³-hybridized carbons (Fsp3) is 0.471. The first-order valence-corrected chi connectivity index (χ1v) is 8.94. The molecule has 0 saturated carbocycles. The Morgan fingerprint density at radius 3 is 2.68 bits per heavy atom. The van der Waals surface area contributed by atoms with Crippen LogP contribution in [0.5, 0.6) is 5.75 Å². The Balaban J connectivity index is 2.07. The smallest absolute Gasteiger partial charge is 0.305 e. The Hall–Kier alpha value is -1.84. The summed E-state index contributed by atoms with van der Waals surface area (Å²) in [5.74, 6) is -0.928. The van der Waals surface area contributed by atoms with Gasteiger partial charge in [0.1, 0.15) is 12.3 Å². The van der Waals surface area contributed by atoms with Crippen LogP contribution in [-0.4, -0.2) is 43.1 Å². The minimum Gasteiger partial charge on any atom is -0.506 e. The van der Waals surface area contributed by atoms with E-state index in [1.807, 2.05) is 6.07 Å². The average Bonchev–Trinajstić information content (AvgIpc) is 2.72. The van der Waals surface area contributed by atoms with Gasteiger partial charge in [0.25, 0.3) is 0 Å². The lowest BCUT2D eigenvalue weighted by Crippen LogP contribution is -2.43. The summed E-state index contributed by atoms with van der Waals surface area (Å²) >= 11 is 2.08. The number of benzene rings is 1. The highest BCUT2D eigenvalue weighted by atomic mass is 127. The maximum absolute atomic E-state index is 12.7. The summed E-state index contributed by atoms with van der Waals surface area (Å²) in [4.78, 5) is 37.2. The van der Waals surface area contributed by atoms with Gasteiger partial charge in [-0.2, -0.15) is 0 Å². The number of hydrogen-bond donors (Lipinski definition) is 2. The molecule has 1 aromatic carbocycles. The minimum absolute atomic E-state index is 0.0145. The van der Waals surface area contributed by atoms with Crippen molar-refractivity contribution in [2.75, 3.05) is 25.1 Å². The van der Waals surface area contributed by atoms with Crippen molar-refractivity contribution in [1.82, 2.24) is 5.32 Å². The number of aromatic hydroxyl groups is 1. The quantitative estimate of drug-likeness (QED) is 0.383. The molecule has 0 radical (unpaired) electrons. The predicted molar refractivity (Wildman–Crippen MR) is 100 cm³/mol. The van der Waals surface area contributed by atoms with E-state index in [0.29, 0.717) is 24.2 Å². The number of esters is 1. The van der Waals surface area contributed by atoms with Crippen molar-refractivity contribution in [3.8, 4) is 5.75 Å². The van der Waals surface area contributed by atoms with Crippen molar-refractivity contribution in [2.24, 2.45) is 0 Å². The van der Waals surface area contributed by atoms with Gasteiger partial charge in [-0.05, 0) is 60.6 Å². The molecule has 136 valence electrons. The fourth-order valence-electron chi connectivity index (χ4n) is 2.81. The van der Waals surface area contributed by atoms with E-state index in [4.69, 9.17) is 0 Å². The number of carbonyl (C=O) groups excluding carboxylic acids is 3. The van der Waals surface area contributed by atoms with Crippen molar-refractivity contribution >= 4 is 46.1 Å². The number of phenols is 1. The van der Waals surface area contributed by atoms with E-state index in [1.54, 1.807) is 19.9 Å². The second-order valence-electron chi connectivity index (χ2n) is 6.37. The number of carbonyl (C=O) groups is 3. The number of ether oxygens (including phenoxy) is 1. The summed E-state index contributed by atoms with van der Waals surface area (Å²) in [7, 11) is 1.31. The lowest BCUT2D eigenvalue weighted by atomic mass is 9.86. The molecule has 0 unspecified atom stereocenters. The molecule has 0 bridgehead atoms. The lowest BCUT2D eigenvalue weighted by Gasteiger charge is -2.20. The molecule has 1 aromatic rings. The van der Waals surface area contributed by atoms with Crippen LogP contribution in [0.15, 0.2) is 12.1 Å². The number of phenolic OH excluding ortho intramolecular Hbond substituents is 1. The minimum atomic E-state index is -0.806. The van der Waals surface area contributed by atoms with Crippen LogP contribution in [0.25, 0.3) is 0 Å². The molecule has 25 heavy (non-hydrogen) atoms. The topological polar surface area (TPSA) is 95.9 Å². The molecular formula is C17H21IN2O5. The zero-order chi connectivity index (χ0) is 18.8. The van der Waals surface area contributed by atoms with Crippen LogP contribution >= 0.6 is 22.6 Å². The largest absolute Gasteiger partial charge is 0.506 e. The third-order valence-corrected chi connectivity index (χ3v) is 4.81. The number of methoxy groups -OCH3 is 1. The molecule has 0 aromatic heterocycles. The maximum Gasteiger partial charge on any atom is 0.305 e. The van der Waals surface area contributed by atoms with Crippen LogP contribution < -0.4 is 10.2 Å². The van der Waals surface area contributed by atoms with Crippen LogP contribution in [0.1, 0.15) is 32.3 Å². The first-order chi connectivity index (χ1) is 11.7. The standard InChI is InChI=1S/C17H21IN2O5/c1-17(2)11-7-10(18)8-12(21)15(11)20(16(17)24)9-13(22)19-6-4-5-14(23)25-3/h7-8,21H,4-6,9H2,1-3H3,(H,19,22).